The van der Waals surface area contributed by atoms with Crippen molar-refractivity contribution >= 4 is 15.9 Å². The maximum Gasteiger partial charge on any atom is 0.257 e. The number of sulfonamides is 1. The van der Waals surface area contributed by atoms with Crippen molar-refractivity contribution in [3.63, 3.8) is 0 Å². The van der Waals surface area contributed by atoms with Crippen molar-refractivity contribution in [1.29, 1.82) is 0 Å². The van der Waals surface area contributed by atoms with Crippen LogP contribution in [0.3, 0.4) is 0 Å². The van der Waals surface area contributed by atoms with Gasteiger partial charge in [0.15, 0.2) is 0 Å². The number of rotatable bonds is 9. The number of hydrogen-bond donors (Lipinski definition) is 0. The van der Waals surface area contributed by atoms with Gasteiger partial charge in [0, 0.05) is 39.3 Å². The second-order valence-corrected chi connectivity index (χ2v) is 13.2. The van der Waals surface area contributed by atoms with Gasteiger partial charge in [-0.15, -0.1) is 0 Å². The number of carbonyl (C=O) groups excluding carboxylic acids is 1. The van der Waals surface area contributed by atoms with E-state index < -0.39 is 10.0 Å². The highest BCUT2D eigenvalue weighted by molar-refractivity contribution is 7.89. The van der Waals surface area contributed by atoms with Gasteiger partial charge in [0.25, 0.3) is 5.91 Å². The average molecular weight is 526 g/mol. The normalized spacial score (nSPS) is 23.7. The van der Waals surface area contributed by atoms with Crippen LogP contribution in [-0.2, 0) is 10.0 Å². The first-order valence-electron chi connectivity index (χ1n) is 13.6. The van der Waals surface area contributed by atoms with E-state index in [9.17, 15) is 13.2 Å². The number of aryl methyl sites for hydroxylation is 2. The van der Waals surface area contributed by atoms with Crippen LogP contribution in [0, 0.1) is 31.6 Å². The topological polar surface area (TPSA) is 86.7 Å². The summed E-state index contributed by atoms with van der Waals surface area (Å²) in [6.45, 7) is 11.6. The number of nitrogens with zero attached hydrogens (tertiary/aromatic N) is 5. The van der Waals surface area contributed by atoms with Crippen LogP contribution >= 0.6 is 0 Å². The Labute approximate surface area is 221 Å². The number of amides is 1. The van der Waals surface area contributed by atoms with Gasteiger partial charge in [-0.05, 0) is 62.5 Å². The third-order valence-electron chi connectivity index (χ3n) is 8.57. The van der Waals surface area contributed by atoms with Gasteiger partial charge in [-0.1, -0.05) is 37.3 Å². The molecule has 8 nitrogen and oxygen atoms in total. The Morgan fingerprint density at radius 1 is 0.973 bits per heavy atom. The molecule has 3 aliphatic rings. The molecule has 3 saturated heterocycles. The van der Waals surface area contributed by atoms with E-state index in [1.807, 2.05) is 31.7 Å². The third-order valence-corrected chi connectivity index (χ3v) is 10.6. The number of fused-ring (bicyclic) bond motifs is 1. The highest BCUT2D eigenvalue weighted by Crippen LogP contribution is 2.38. The van der Waals surface area contributed by atoms with Crippen molar-refractivity contribution in [2.24, 2.45) is 17.8 Å². The summed E-state index contributed by atoms with van der Waals surface area (Å²) in [7, 11) is -3.12. The van der Waals surface area contributed by atoms with Crippen molar-refractivity contribution in [2.45, 2.75) is 39.5 Å². The number of carbonyl (C=O) groups is 1. The van der Waals surface area contributed by atoms with Crippen LogP contribution in [0.5, 0.6) is 0 Å². The lowest BCUT2D eigenvalue weighted by molar-refractivity contribution is 0.0770. The lowest BCUT2D eigenvalue weighted by atomic mass is 9.80. The molecule has 0 saturated carbocycles. The van der Waals surface area contributed by atoms with Crippen LogP contribution in [0.4, 0.5) is 0 Å². The van der Waals surface area contributed by atoms with Gasteiger partial charge in [-0.25, -0.2) is 22.7 Å². The van der Waals surface area contributed by atoms with Crippen molar-refractivity contribution in [2.75, 3.05) is 51.6 Å². The summed E-state index contributed by atoms with van der Waals surface area (Å²) < 4.78 is 26.6. The minimum absolute atomic E-state index is 0.0632. The molecular formula is C28H39N5O3S. The van der Waals surface area contributed by atoms with E-state index >= 15 is 0 Å². The van der Waals surface area contributed by atoms with E-state index in [1.165, 1.54) is 11.9 Å². The zero-order valence-corrected chi connectivity index (χ0v) is 23.0. The van der Waals surface area contributed by atoms with Gasteiger partial charge in [-0.2, -0.15) is 0 Å². The minimum atomic E-state index is -3.12. The Kier molecular flexibility index (Phi) is 7.65. The summed E-state index contributed by atoms with van der Waals surface area (Å²) in [6.07, 6.45) is 3.20. The molecule has 0 spiro atoms. The second-order valence-electron chi connectivity index (χ2n) is 11.1. The monoisotopic (exact) mass is 525 g/mol. The molecule has 1 aromatic carbocycles. The lowest BCUT2D eigenvalue weighted by Gasteiger charge is -2.43. The molecule has 200 valence electrons. The number of likely N-dealkylation sites (tertiary alicyclic amines) is 2. The maximum absolute atomic E-state index is 13.2. The molecule has 3 unspecified atom stereocenters. The fourth-order valence-corrected chi connectivity index (χ4v) is 8.15. The molecule has 5 rings (SSSR count). The third kappa shape index (κ3) is 5.45. The number of benzene rings is 1. The predicted molar refractivity (Wildman–Crippen MR) is 144 cm³/mol. The van der Waals surface area contributed by atoms with E-state index in [0.29, 0.717) is 48.7 Å². The second kappa shape index (κ2) is 10.8. The van der Waals surface area contributed by atoms with Crippen molar-refractivity contribution in [1.82, 2.24) is 24.1 Å². The summed E-state index contributed by atoms with van der Waals surface area (Å²) in [5.41, 5.74) is 3.47. The highest BCUT2D eigenvalue weighted by Gasteiger charge is 2.43. The van der Waals surface area contributed by atoms with Crippen LogP contribution in [-0.4, -0.2) is 90.0 Å². The Hall–Kier alpha value is -2.36. The van der Waals surface area contributed by atoms with Gasteiger partial charge < -0.3 is 9.80 Å². The zero-order chi connectivity index (χ0) is 26.2. The quantitative estimate of drug-likeness (QED) is 0.500. The first-order valence-corrected chi connectivity index (χ1v) is 15.2. The summed E-state index contributed by atoms with van der Waals surface area (Å²) >= 11 is 0. The molecule has 2 aromatic rings. The van der Waals surface area contributed by atoms with Crippen LogP contribution in [0.25, 0.3) is 0 Å². The molecule has 4 heterocycles. The Bertz CT molecular complexity index is 1180. The minimum Gasteiger partial charge on any atom is -0.338 e. The predicted octanol–water partition coefficient (Wildman–Crippen LogP) is 2.94. The molecule has 0 bridgehead atoms. The van der Waals surface area contributed by atoms with Crippen molar-refractivity contribution < 1.29 is 13.2 Å². The smallest absolute Gasteiger partial charge is 0.257 e. The van der Waals surface area contributed by atoms with Gasteiger partial charge in [0.05, 0.1) is 22.7 Å². The summed E-state index contributed by atoms with van der Waals surface area (Å²) in [4.78, 5) is 26.2. The molecular weight excluding hydrogens is 486 g/mol. The fourth-order valence-electron chi connectivity index (χ4n) is 6.53. The standard InChI is InChI=1S/C28H39N5O3S/c1-4-12-37(35,36)33-17-25(18-33)26(22-8-6-5-7-9-22)10-11-31-13-23-15-32(16-24(23)14-31)28(34)27-20(2)29-19-30-21(27)3/h5-9,19,23-26H,4,10-18H2,1-3H3. The van der Waals surface area contributed by atoms with Crippen LogP contribution in [0.2, 0.25) is 0 Å². The van der Waals surface area contributed by atoms with E-state index in [0.717, 1.165) is 50.5 Å². The van der Waals surface area contributed by atoms with Gasteiger partial charge in [-0.3, -0.25) is 4.79 Å². The molecule has 3 fully saturated rings. The Morgan fingerprint density at radius 2 is 1.59 bits per heavy atom. The SMILES string of the molecule is CCCS(=O)(=O)N1CC(C(CCN2CC3CN(C(=O)c4c(C)ncnc4C)CC3C2)c2ccccc2)C1. The first kappa shape index (κ1) is 26.3. The average Bonchev–Trinajstić information content (AvgIpc) is 3.39. The summed E-state index contributed by atoms with van der Waals surface area (Å²) in [5, 5.41) is 0. The molecule has 1 aromatic heterocycles. The largest absolute Gasteiger partial charge is 0.338 e. The molecule has 37 heavy (non-hydrogen) atoms. The summed E-state index contributed by atoms with van der Waals surface area (Å²) in [6, 6.07) is 10.6. The molecule has 0 aliphatic carbocycles. The number of hydrogen-bond acceptors (Lipinski definition) is 6. The van der Waals surface area contributed by atoms with E-state index in [-0.39, 0.29) is 11.7 Å². The zero-order valence-electron chi connectivity index (χ0n) is 22.2. The fraction of sp³-hybridized carbons (Fsp3) is 0.607. The molecule has 3 atom stereocenters. The van der Waals surface area contributed by atoms with Crippen LogP contribution in [0.15, 0.2) is 36.7 Å². The van der Waals surface area contributed by atoms with Crippen LogP contribution in [0.1, 0.15) is 53.0 Å². The Morgan fingerprint density at radius 3 is 2.19 bits per heavy atom. The molecule has 0 radical (unpaired) electrons. The van der Waals surface area contributed by atoms with Crippen LogP contribution < -0.4 is 0 Å². The first-order chi connectivity index (χ1) is 17.8. The molecule has 0 N–H and O–H groups in total. The summed E-state index contributed by atoms with van der Waals surface area (Å²) in [5.74, 6) is 2.03. The van der Waals surface area contributed by atoms with Gasteiger partial charge in [0.2, 0.25) is 10.0 Å². The van der Waals surface area contributed by atoms with E-state index in [1.54, 1.807) is 4.31 Å². The van der Waals surface area contributed by atoms with Gasteiger partial charge in [0.1, 0.15) is 6.33 Å². The van der Waals surface area contributed by atoms with Crippen molar-refractivity contribution in [3.8, 4) is 0 Å². The van der Waals surface area contributed by atoms with E-state index in [4.69, 9.17) is 0 Å². The molecule has 1 amide bonds. The highest BCUT2D eigenvalue weighted by atomic mass is 32.2. The molecule has 9 heteroatoms. The lowest BCUT2D eigenvalue weighted by Crippen LogP contribution is -2.52. The maximum atomic E-state index is 13.2. The van der Waals surface area contributed by atoms with Gasteiger partial charge >= 0.3 is 0 Å². The molecule has 3 aliphatic heterocycles. The van der Waals surface area contributed by atoms with Crippen molar-refractivity contribution in [3.05, 3.63) is 59.2 Å². The number of aromatic nitrogens is 2. The Balaban J connectivity index is 1.17. The van der Waals surface area contributed by atoms with E-state index in [2.05, 4.69) is 39.1 Å².